The maximum absolute atomic E-state index is 11.3. The number of ether oxygens (including phenoxy) is 2. The third-order valence-electron chi connectivity index (χ3n) is 4.88. The Bertz CT molecular complexity index is 755. The van der Waals surface area contributed by atoms with Gasteiger partial charge in [0.15, 0.2) is 14.9 Å². The predicted molar refractivity (Wildman–Crippen MR) is 111 cm³/mol. The van der Waals surface area contributed by atoms with E-state index < -0.39 is 9.84 Å². The molecule has 0 aromatic carbocycles. The zero-order valence-electron chi connectivity index (χ0n) is 18.0. The van der Waals surface area contributed by atoms with Gasteiger partial charge in [0.2, 0.25) is 5.88 Å². The number of amides is 1. The van der Waals surface area contributed by atoms with Crippen LogP contribution >= 0.6 is 0 Å². The summed E-state index contributed by atoms with van der Waals surface area (Å²) in [7, 11) is -3.28. The van der Waals surface area contributed by atoms with Gasteiger partial charge in [0.05, 0.1) is 24.6 Å². The Kier molecular flexibility index (Phi) is 9.29. The molecule has 3 rings (SSSR count). The Hall–Kier alpha value is -1.94. The van der Waals surface area contributed by atoms with Crippen molar-refractivity contribution in [2.45, 2.75) is 82.1 Å². The summed E-state index contributed by atoms with van der Waals surface area (Å²) in [5.74, 6) is 0.407. The molecule has 1 saturated heterocycles. The SMILES string of the molecule is CC(C)OC(=O)N1CCC(O)CC1.CS(=O)(=O)c1cnc(OC2CCCCC2)cn1. The highest BCUT2D eigenvalue weighted by molar-refractivity contribution is 7.90. The van der Waals surface area contributed by atoms with Crippen LogP contribution in [-0.4, -0.2) is 72.1 Å². The lowest BCUT2D eigenvalue weighted by Crippen LogP contribution is -2.41. The summed E-state index contributed by atoms with van der Waals surface area (Å²) in [6.45, 7) is 4.87. The first-order valence-electron chi connectivity index (χ1n) is 10.5. The number of carbonyl (C=O) groups is 1. The van der Waals surface area contributed by atoms with Crippen LogP contribution in [0.1, 0.15) is 58.8 Å². The highest BCUT2D eigenvalue weighted by Crippen LogP contribution is 2.22. The van der Waals surface area contributed by atoms with E-state index in [9.17, 15) is 18.3 Å². The molecule has 0 atom stereocenters. The molecular formula is C20H33N3O6S. The molecule has 30 heavy (non-hydrogen) atoms. The van der Waals surface area contributed by atoms with Gasteiger partial charge in [0.1, 0.15) is 6.10 Å². The summed E-state index contributed by atoms with van der Waals surface area (Å²) in [5, 5.41) is 9.19. The van der Waals surface area contributed by atoms with Crippen LogP contribution in [-0.2, 0) is 14.6 Å². The van der Waals surface area contributed by atoms with E-state index in [4.69, 9.17) is 9.47 Å². The maximum Gasteiger partial charge on any atom is 0.410 e. The lowest BCUT2D eigenvalue weighted by Gasteiger charge is -2.29. The third kappa shape index (κ3) is 8.43. The zero-order valence-corrected chi connectivity index (χ0v) is 18.8. The van der Waals surface area contributed by atoms with E-state index in [1.807, 2.05) is 13.8 Å². The molecule has 1 saturated carbocycles. The number of aromatic nitrogens is 2. The van der Waals surface area contributed by atoms with E-state index in [0.717, 1.165) is 19.1 Å². The summed E-state index contributed by atoms with van der Waals surface area (Å²) in [4.78, 5) is 20.8. The van der Waals surface area contributed by atoms with Crippen molar-refractivity contribution in [3.05, 3.63) is 12.4 Å². The number of hydrogen-bond acceptors (Lipinski definition) is 8. The van der Waals surface area contributed by atoms with Crippen LogP contribution in [0.2, 0.25) is 0 Å². The van der Waals surface area contributed by atoms with E-state index in [0.29, 0.717) is 31.8 Å². The summed E-state index contributed by atoms with van der Waals surface area (Å²) in [5.41, 5.74) is 0. The van der Waals surface area contributed by atoms with Crippen molar-refractivity contribution < 1.29 is 27.8 Å². The van der Waals surface area contributed by atoms with Crippen molar-refractivity contribution in [1.29, 1.82) is 0 Å². The molecule has 10 heteroatoms. The van der Waals surface area contributed by atoms with E-state index in [1.165, 1.54) is 31.7 Å². The molecule has 0 spiro atoms. The first kappa shape index (κ1) is 24.3. The highest BCUT2D eigenvalue weighted by atomic mass is 32.2. The van der Waals surface area contributed by atoms with Gasteiger partial charge in [0, 0.05) is 19.3 Å². The van der Waals surface area contributed by atoms with Gasteiger partial charge in [-0.3, -0.25) is 0 Å². The molecule has 1 aromatic rings. The summed E-state index contributed by atoms with van der Waals surface area (Å²) >= 11 is 0. The first-order chi connectivity index (χ1) is 14.1. The molecule has 2 aliphatic rings. The number of sulfone groups is 1. The Balaban J connectivity index is 0.000000222. The number of nitrogens with zero attached hydrogens (tertiary/aromatic N) is 3. The fourth-order valence-corrected chi connectivity index (χ4v) is 3.72. The number of aliphatic hydroxyl groups is 1. The smallest absolute Gasteiger partial charge is 0.410 e. The van der Waals surface area contributed by atoms with Gasteiger partial charge >= 0.3 is 6.09 Å². The summed E-state index contributed by atoms with van der Waals surface area (Å²) < 4.78 is 33.1. The minimum absolute atomic E-state index is 0.0199. The molecule has 1 N–H and O–H groups in total. The van der Waals surface area contributed by atoms with Crippen LogP contribution < -0.4 is 4.74 Å². The maximum atomic E-state index is 11.3. The Morgan fingerprint density at radius 3 is 2.23 bits per heavy atom. The molecule has 1 aliphatic heterocycles. The molecule has 1 aliphatic carbocycles. The molecule has 0 unspecified atom stereocenters. The number of aliphatic hydroxyl groups excluding tert-OH is 1. The molecule has 0 bridgehead atoms. The Morgan fingerprint density at radius 1 is 1.10 bits per heavy atom. The normalized spacial score (nSPS) is 18.5. The van der Waals surface area contributed by atoms with E-state index in [2.05, 4.69) is 9.97 Å². The van der Waals surface area contributed by atoms with E-state index in [-0.39, 0.29) is 29.4 Å². The quantitative estimate of drug-likeness (QED) is 0.754. The monoisotopic (exact) mass is 443 g/mol. The number of piperidine rings is 1. The summed E-state index contributed by atoms with van der Waals surface area (Å²) in [6, 6.07) is 0. The minimum atomic E-state index is -3.28. The fraction of sp³-hybridized carbons (Fsp3) is 0.750. The van der Waals surface area contributed by atoms with Gasteiger partial charge < -0.3 is 19.5 Å². The van der Waals surface area contributed by atoms with Crippen molar-refractivity contribution in [3.8, 4) is 5.88 Å². The number of likely N-dealkylation sites (tertiary alicyclic amines) is 1. The molecule has 170 valence electrons. The molecule has 2 heterocycles. The molecule has 1 aromatic heterocycles. The van der Waals surface area contributed by atoms with Gasteiger partial charge in [-0.15, -0.1) is 0 Å². The molecular weight excluding hydrogens is 410 g/mol. The van der Waals surface area contributed by atoms with E-state index >= 15 is 0 Å². The van der Waals surface area contributed by atoms with Crippen LogP contribution in [0.25, 0.3) is 0 Å². The van der Waals surface area contributed by atoms with Crippen LogP contribution in [0.5, 0.6) is 5.88 Å². The van der Waals surface area contributed by atoms with Crippen molar-refractivity contribution >= 4 is 15.9 Å². The fourth-order valence-electron chi connectivity index (χ4n) is 3.24. The first-order valence-corrected chi connectivity index (χ1v) is 12.4. The predicted octanol–water partition coefficient (Wildman–Crippen LogP) is 2.58. The van der Waals surface area contributed by atoms with Crippen LogP contribution in [0.3, 0.4) is 0 Å². The molecule has 0 radical (unpaired) electrons. The van der Waals surface area contributed by atoms with Crippen molar-refractivity contribution in [1.82, 2.24) is 14.9 Å². The van der Waals surface area contributed by atoms with Crippen LogP contribution in [0.4, 0.5) is 4.79 Å². The lowest BCUT2D eigenvalue weighted by atomic mass is 9.98. The van der Waals surface area contributed by atoms with E-state index in [1.54, 1.807) is 4.90 Å². The third-order valence-corrected chi connectivity index (χ3v) is 5.85. The largest absolute Gasteiger partial charge is 0.473 e. The number of carbonyl (C=O) groups excluding carboxylic acids is 1. The molecule has 1 amide bonds. The average molecular weight is 444 g/mol. The second-order valence-corrected chi connectivity index (χ2v) is 9.96. The molecule has 9 nitrogen and oxygen atoms in total. The van der Waals surface area contributed by atoms with Crippen LogP contribution in [0, 0.1) is 0 Å². The Morgan fingerprint density at radius 2 is 1.73 bits per heavy atom. The summed E-state index contributed by atoms with van der Waals surface area (Å²) in [6.07, 6.45) is 10.4. The number of rotatable bonds is 4. The standard InChI is InChI=1S/C11H16N2O3S.C9H17NO3/c1-17(14,15)11-8-12-10(7-13-11)16-9-5-3-2-4-6-9;1-7(2)13-9(12)10-5-3-8(11)4-6-10/h7-9H,2-6H2,1H3;7-8,11H,3-6H2,1-2H3. The zero-order chi connectivity index (χ0) is 22.1. The molecule has 2 fully saturated rings. The van der Waals surface area contributed by atoms with Gasteiger partial charge in [-0.1, -0.05) is 6.42 Å². The highest BCUT2D eigenvalue weighted by Gasteiger charge is 2.22. The topological polar surface area (TPSA) is 119 Å². The minimum Gasteiger partial charge on any atom is -0.473 e. The van der Waals surface area contributed by atoms with Crippen molar-refractivity contribution in [2.24, 2.45) is 0 Å². The van der Waals surface area contributed by atoms with Gasteiger partial charge in [-0.05, 0) is 52.4 Å². The second kappa shape index (κ2) is 11.5. The van der Waals surface area contributed by atoms with Crippen LogP contribution in [0.15, 0.2) is 17.4 Å². The van der Waals surface area contributed by atoms with Gasteiger partial charge in [-0.2, -0.15) is 0 Å². The Labute approximate surface area is 178 Å². The van der Waals surface area contributed by atoms with Gasteiger partial charge in [0.25, 0.3) is 0 Å². The second-order valence-electron chi connectivity index (χ2n) is 7.99. The average Bonchev–Trinajstić information content (AvgIpc) is 2.69. The van der Waals surface area contributed by atoms with Crippen molar-refractivity contribution in [2.75, 3.05) is 19.3 Å². The van der Waals surface area contributed by atoms with Gasteiger partial charge in [-0.25, -0.2) is 23.2 Å². The number of hydrogen-bond donors (Lipinski definition) is 1. The lowest BCUT2D eigenvalue weighted by molar-refractivity contribution is 0.0457. The van der Waals surface area contributed by atoms with Crippen molar-refractivity contribution in [3.63, 3.8) is 0 Å².